The molecule has 1 aromatic carbocycles. The predicted molar refractivity (Wildman–Crippen MR) is 88.1 cm³/mol. The quantitative estimate of drug-likeness (QED) is 0.871. The van der Waals surface area contributed by atoms with Crippen LogP contribution in [0.5, 0.6) is 0 Å². The maximum Gasteiger partial charge on any atom is 0.227 e. The number of halogens is 1. The number of benzene rings is 1. The predicted octanol–water partition coefficient (Wildman–Crippen LogP) is 2.66. The SMILES string of the molecule is O=C(Cc1ccc(F)cc1)N1CCc2ncnc(C3CC3)c2CC1. The molecule has 0 unspecified atom stereocenters. The Morgan fingerprint density at radius 2 is 1.88 bits per heavy atom. The fraction of sp³-hybridized carbons (Fsp3) is 0.421. The van der Waals surface area contributed by atoms with E-state index >= 15 is 0 Å². The normalized spacial score (nSPS) is 17.3. The van der Waals surface area contributed by atoms with Gasteiger partial charge < -0.3 is 4.90 Å². The van der Waals surface area contributed by atoms with E-state index < -0.39 is 0 Å². The van der Waals surface area contributed by atoms with Crippen molar-refractivity contribution in [1.29, 1.82) is 0 Å². The third kappa shape index (κ3) is 3.16. The van der Waals surface area contributed by atoms with Gasteiger partial charge in [0.15, 0.2) is 0 Å². The number of rotatable bonds is 3. The monoisotopic (exact) mass is 325 g/mol. The first-order valence-electron chi connectivity index (χ1n) is 8.55. The van der Waals surface area contributed by atoms with Gasteiger partial charge in [0.25, 0.3) is 0 Å². The summed E-state index contributed by atoms with van der Waals surface area (Å²) < 4.78 is 13.0. The standard InChI is InChI=1S/C19H20FN3O/c20-15-5-1-13(2-6-15)11-18(24)23-9-7-16-17(8-10-23)21-12-22-19(16)14-3-4-14/h1-2,5-6,12,14H,3-4,7-11H2. The van der Waals surface area contributed by atoms with Crippen molar-refractivity contribution in [2.75, 3.05) is 13.1 Å². The molecule has 0 saturated heterocycles. The van der Waals surface area contributed by atoms with Crippen molar-refractivity contribution in [3.8, 4) is 0 Å². The third-order valence-electron chi connectivity index (χ3n) is 4.90. The average Bonchev–Trinajstić information content (AvgIpc) is 3.43. The molecular weight excluding hydrogens is 305 g/mol. The summed E-state index contributed by atoms with van der Waals surface area (Å²) in [4.78, 5) is 23.4. The fourth-order valence-corrected chi connectivity index (χ4v) is 3.40. The molecule has 0 bridgehead atoms. The lowest BCUT2D eigenvalue weighted by Crippen LogP contribution is -2.34. The van der Waals surface area contributed by atoms with Crippen LogP contribution in [0.15, 0.2) is 30.6 Å². The Morgan fingerprint density at radius 3 is 2.62 bits per heavy atom. The molecule has 4 nitrogen and oxygen atoms in total. The van der Waals surface area contributed by atoms with Crippen molar-refractivity contribution in [2.24, 2.45) is 0 Å². The summed E-state index contributed by atoms with van der Waals surface area (Å²) in [5.41, 5.74) is 4.41. The van der Waals surface area contributed by atoms with Crippen LogP contribution in [-0.4, -0.2) is 33.9 Å². The van der Waals surface area contributed by atoms with E-state index in [1.807, 2.05) is 4.90 Å². The Bertz CT molecular complexity index is 756. The number of amides is 1. The lowest BCUT2D eigenvalue weighted by molar-refractivity contribution is -0.130. The van der Waals surface area contributed by atoms with E-state index in [0.29, 0.717) is 25.4 Å². The summed E-state index contributed by atoms with van der Waals surface area (Å²) in [6.07, 6.45) is 6.04. The Hall–Kier alpha value is -2.30. The van der Waals surface area contributed by atoms with E-state index in [4.69, 9.17) is 0 Å². The van der Waals surface area contributed by atoms with Crippen LogP contribution >= 0.6 is 0 Å². The van der Waals surface area contributed by atoms with Gasteiger partial charge in [0, 0.05) is 31.1 Å². The van der Waals surface area contributed by atoms with Gasteiger partial charge in [-0.05, 0) is 42.5 Å². The van der Waals surface area contributed by atoms with Crippen LogP contribution in [0.25, 0.3) is 0 Å². The highest BCUT2D eigenvalue weighted by Crippen LogP contribution is 2.41. The minimum absolute atomic E-state index is 0.0929. The van der Waals surface area contributed by atoms with Gasteiger partial charge >= 0.3 is 0 Å². The molecule has 1 fully saturated rings. The van der Waals surface area contributed by atoms with Gasteiger partial charge in [-0.15, -0.1) is 0 Å². The van der Waals surface area contributed by atoms with Crippen molar-refractivity contribution in [3.63, 3.8) is 0 Å². The molecular formula is C19H20FN3O. The number of carbonyl (C=O) groups excluding carboxylic acids is 1. The first-order chi connectivity index (χ1) is 11.7. The van der Waals surface area contributed by atoms with E-state index in [0.717, 1.165) is 24.1 Å². The van der Waals surface area contributed by atoms with Crippen LogP contribution in [0, 0.1) is 5.82 Å². The fourth-order valence-electron chi connectivity index (χ4n) is 3.40. The van der Waals surface area contributed by atoms with Crippen molar-refractivity contribution in [1.82, 2.24) is 14.9 Å². The van der Waals surface area contributed by atoms with Crippen molar-refractivity contribution >= 4 is 5.91 Å². The number of hydrogen-bond acceptors (Lipinski definition) is 3. The van der Waals surface area contributed by atoms with Gasteiger partial charge in [0.2, 0.25) is 5.91 Å². The molecule has 2 aliphatic rings. The third-order valence-corrected chi connectivity index (χ3v) is 4.90. The van der Waals surface area contributed by atoms with Crippen LogP contribution < -0.4 is 0 Å². The lowest BCUT2D eigenvalue weighted by Gasteiger charge is -2.20. The van der Waals surface area contributed by atoms with Gasteiger partial charge in [0.1, 0.15) is 12.1 Å². The molecule has 1 aliphatic carbocycles. The van der Waals surface area contributed by atoms with E-state index in [1.54, 1.807) is 18.5 Å². The van der Waals surface area contributed by atoms with Crippen LogP contribution in [-0.2, 0) is 24.1 Å². The first kappa shape index (κ1) is 15.2. The van der Waals surface area contributed by atoms with Crippen LogP contribution in [0.3, 0.4) is 0 Å². The molecule has 1 aliphatic heterocycles. The molecule has 1 amide bonds. The van der Waals surface area contributed by atoms with E-state index in [2.05, 4.69) is 9.97 Å². The highest BCUT2D eigenvalue weighted by atomic mass is 19.1. The van der Waals surface area contributed by atoms with Crippen LogP contribution in [0.1, 0.15) is 41.3 Å². The molecule has 1 saturated carbocycles. The smallest absolute Gasteiger partial charge is 0.227 e. The van der Waals surface area contributed by atoms with Gasteiger partial charge in [0.05, 0.1) is 12.1 Å². The Kier molecular flexibility index (Phi) is 4.00. The topological polar surface area (TPSA) is 46.1 Å². The summed E-state index contributed by atoms with van der Waals surface area (Å²) >= 11 is 0. The van der Waals surface area contributed by atoms with Crippen LogP contribution in [0.2, 0.25) is 0 Å². The Labute approximate surface area is 140 Å². The van der Waals surface area contributed by atoms with E-state index in [1.165, 1.54) is 36.2 Å². The zero-order chi connectivity index (χ0) is 16.5. The van der Waals surface area contributed by atoms with E-state index in [9.17, 15) is 9.18 Å². The van der Waals surface area contributed by atoms with Gasteiger partial charge in [-0.1, -0.05) is 12.1 Å². The van der Waals surface area contributed by atoms with Gasteiger partial charge in [-0.3, -0.25) is 4.79 Å². The Morgan fingerprint density at radius 1 is 1.12 bits per heavy atom. The van der Waals surface area contributed by atoms with Gasteiger partial charge in [-0.25, -0.2) is 14.4 Å². The molecule has 4 rings (SSSR count). The lowest BCUT2D eigenvalue weighted by atomic mass is 10.0. The molecule has 0 atom stereocenters. The molecule has 5 heteroatoms. The van der Waals surface area contributed by atoms with E-state index in [-0.39, 0.29) is 11.7 Å². The van der Waals surface area contributed by atoms with Crippen molar-refractivity contribution in [3.05, 3.63) is 58.9 Å². The first-order valence-corrected chi connectivity index (χ1v) is 8.55. The summed E-state index contributed by atoms with van der Waals surface area (Å²) in [6.45, 7) is 1.40. The summed E-state index contributed by atoms with van der Waals surface area (Å²) in [5, 5.41) is 0. The number of hydrogen-bond donors (Lipinski definition) is 0. The molecule has 0 N–H and O–H groups in total. The van der Waals surface area contributed by atoms with Gasteiger partial charge in [-0.2, -0.15) is 0 Å². The second-order valence-electron chi connectivity index (χ2n) is 6.64. The summed E-state index contributed by atoms with van der Waals surface area (Å²) in [6, 6.07) is 6.16. The maximum atomic E-state index is 13.0. The number of fused-ring (bicyclic) bond motifs is 1. The maximum absolute atomic E-state index is 13.0. The molecule has 0 radical (unpaired) electrons. The largest absolute Gasteiger partial charge is 0.342 e. The number of aromatic nitrogens is 2. The zero-order valence-corrected chi connectivity index (χ0v) is 13.5. The zero-order valence-electron chi connectivity index (χ0n) is 13.5. The molecule has 2 aromatic rings. The molecule has 0 spiro atoms. The minimum atomic E-state index is -0.275. The summed E-state index contributed by atoms with van der Waals surface area (Å²) in [7, 11) is 0. The van der Waals surface area contributed by atoms with Crippen LogP contribution in [0.4, 0.5) is 4.39 Å². The molecule has 1 aromatic heterocycles. The van der Waals surface area contributed by atoms with Crippen molar-refractivity contribution < 1.29 is 9.18 Å². The summed E-state index contributed by atoms with van der Waals surface area (Å²) in [5.74, 6) is 0.418. The highest BCUT2D eigenvalue weighted by molar-refractivity contribution is 5.78. The molecule has 24 heavy (non-hydrogen) atoms. The van der Waals surface area contributed by atoms with Crippen molar-refractivity contribution in [2.45, 2.75) is 38.0 Å². The number of carbonyl (C=O) groups is 1. The average molecular weight is 325 g/mol. The second-order valence-corrected chi connectivity index (χ2v) is 6.64. The Balaban J connectivity index is 1.46. The number of nitrogens with zero attached hydrogens (tertiary/aromatic N) is 3. The molecule has 124 valence electrons. The highest BCUT2D eigenvalue weighted by Gasteiger charge is 2.30. The second kappa shape index (κ2) is 6.30. The molecule has 2 heterocycles. The minimum Gasteiger partial charge on any atom is -0.342 e.